The standard InChI is InChI=1S/C12H24N2O2S2/c1-11(2)3-5-14(6-7-17-11)12(9-13)4-8-18(15,16)10-12/h3-10,13H2,1-2H3. The van der Waals surface area contributed by atoms with Gasteiger partial charge in [0.15, 0.2) is 9.84 Å². The quantitative estimate of drug-likeness (QED) is 0.812. The molecule has 2 aliphatic heterocycles. The highest BCUT2D eigenvalue weighted by atomic mass is 32.2. The molecule has 0 spiro atoms. The number of rotatable bonds is 2. The van der Waals surface area contributed by atoms with E-state index in [0.29, 0.717) is 23.5 Å². The van der Waals surface area contributed by atoms with Crippen LogP contribution in [0.5, 0.6) is 0 Å². The SMILES string of the molecule is CC1(C)CCN(C2(CN)CCS(=O)(=O)C2)CCS1. The normalized spacial score (nSPS) is 36.4. The Kier molecular flexibility index (Phi) is 4.03. The van der Waals surface area contributed by atoms with Gasteiger partial charge in [0.2, 0.25) is 0 Å². The van der Waals surface area contributed by atoms with Gasteiger partial charge in [0.05, 0.1) is 11.5 Å². The lowest BCUT2D eigenvalue weighted by Crippen LogP contribution is -2.55. The van der Waals surface area contributed by atoms with E-state index in [9.17, 15) is 8.42 Å². The molecule has 2 aliphatic rings. The highest BCUT2D eigenvalue weighted by molar-refractivity contribution is 8.00. The smallest absolute Gasteiger partial charge is 0.152 e. The second-order valence-corrected chi connectivity index (χ2v) is 10.1. The zero-order chi connectivity index (χ0) is 13.4. The first-order valence-electron chi connectivity index (χ1n) is 6.58. The van der Waals surface area contributed by atoms with E-state index in [0.717, 1.165) is 25.3 Å². The summed E-state index contributed by atoms with van der Waals surface area (Å²) in [6, 6.07) is 0. The Morgan fingerprint density at radius 2 is 2.00 bits per heavy atom. The van der Waals surface area contributed by atoms with E-state index in [2.05, 4.69) is 18.7 Å². The fourth-order valence-electron chi connectivity index (χ4n) is 2.93. The van der Waals surface area contributed by atoms with Crippen molar-refractivity contribution >= 4 is 21.6 Å². The number of hydrogen-bond donors (Lipinski definition) is 1. The fourth-order valence-corrected chi connectivity index (χ4v) is 6.13. The summed E-state index contributed by atoms with van der Waals surface area (Å²) in [6.45, 7) is 6.91. The minimum absolute atomic E-state index is 0.252. The number of thioether (sulfide) groups is 1. The molecular formula is C12H24N2O2S2. The van der Waals surface area contributed by atoms with Crippen molar-refractivity contribution in [3.63, 3.8) is 0 Å². The number of nitrogens with two attached hydrogens (primary N) is 1. The van der Waals surface area contributed by atoms with E-state index in [-0.39, 0.29) is 11.3 Å². The summed E-state index contributed by atoms with van der Waals surface area (Å²) in [6.07, 6.45) is 1.80. The van der Waals surface area contributed by atoms with Gasteiger partial charge in [0.25, 0.3) is 0 Å². The molecule has 2 N–H and O–H groups in total. The van der Waals surface area contributed by atoms with Gasteiger partial charge in [0.1, 0.15) is 0 Å². The highest BCUT2D eigenvalue weighted by Gasteiger charge is 2.46. The molecule has 0 amide bonds. The van der Waals surface area contributed by atoms with E-state index in [1.807, 2.05) is 11.8 Å². The van der Waals surface area contributed by atoms with Crippen LogP contribution in [0.4, 0.5) is 0 Å². The van der Waals surface area contributed by atoms with E-state index in [1.54, 1.807) is 0 Å². The zero-order valence-corrected chi connectivity index (χ0v) is 12.9. The van der Waals surface area contributed by atoms with Crippen LogP contribution < -0.4 is 5.73 Å². The van der Waals surface area contributed by atoms with Crippen molar-refractivity contribution in [1.82, 2.24) is 4.90 Å². The number of sulfone groups is 1. The molecule has 0 aromatic heterocycles. The molecule has 106 valence electrons. The summed E-state index contributed by atoms with van der Waals surface area (Å²) < 4.78 is 23.8. The van der Waals surface area contributed by atoms with Gasteiger partial charge in [-0.3, -0.25) is 4.90 Å². The topological polar surface area (TPSA) is 63.4 Å². The summed E-state index contributed by atoms with van der Waals surface area (Å²) in [5, 5.41) is 0. The average Bonchev–Trinajstić information content (AvgIpc) is 2.48. The molecule has 1 atom stereocenters. The van der Waals surface area contributed by atoms with Crippen LogP contribution in [0.1, 0.15) is 26.7 Å². The summed E-state index contributed by atoms with van der Waals surface area (Å²) in [4.78, 5) is 2.35. The zero-order valence-electron chi connectivity index (χ0n) is 11.3. The van der Waals surface area contributed by atoms with E-state index in [4.69, 9.17) is 5.73 Å². The monoisotopic (exact) mass is 292 g/mol. The Hall–Kier alpha value is 0.220. The molecule has 0 aromatic carbocycles. The predicted octanol–water partition coefficient (Wildman–Crippen LogP) is 0.720. The van der Waals surface area contributed by atoms with Crippen LogP contribution in [0.15, 0.2) is 0 Å². The van der Waals surface area contributed by atoms with Gasteiger partial charge in [0, 0.05) is 35.7 Å². The molecule has 0 bridgehead atoms. The Bertz CT molecular complexity index is 408. The lowest BCUT2D eigenvalue weighted by Gasteiger charge is -2.39. The predicted molar refractivity (Wildman–Crippen MR) is 77.8 cm³/mol. The van der Waals surface area contributed by atoms with Crippen molar-refractivity contribution < 1.29 is 8.42 Å². The van der Waals surface area contributed by atoms with Crippen LogP contribution in [0, 0.1) is 0 Å². The molecule has 2 rings (SSSR count). The molecule has 0 saturated carbocycles. The van der Waals surface area contributed by atoms with E-state index in [1.165, 1.54) is 0 Å². The van der Waals surface area contributed by atoms with Gasteiger partial charge in [-0.2, -0.15) is 11.8 Å². The largest absolute Gasteiger partial charge is 0.329 e. The van der Waals surface area contributed by atoms with Crippen LogP contribution in [0.2, 0.25) is 0 Å². The van der Waals surface area contributed by atoms with Crippen molar-refractivity contribution in [2.75, 3.05) is 36.9 Å². The molecule has 0 aliphatic carbocycles. The molecule has 0 aromatic rings. The third-order valence-electron chi connectivity index (χ3n) is 4.26. The van der Waals surface area contributed by atoms with Crippen LogP contribution >= 0.6 is 11.8 Å². The maximum atomic E-state index is 11.8. The summed E-state index contributed by atoms with van der Waals surface area (Å²) in [7, 11) is -2.88. The summed E-state index contributed by atoms with van der Waals surface area (Å²) in [5.41, 5.74) is 5.63. The highest BCUT2D eigenvalue weighted by Crippen LogP contribution is 2.36. The van der Waals surface area contributed by atoms with E-state index < -0.39 is 9.84 Å². The minimum atomic E-state index is -2.88. The fraction of sp³-hybridized carbons (Fsp3) is 1.00. The van der Waals surface area contributed by atoms with Gasteiger partial charge in [-0.25, -0.2) is 8.42 Å². The third kappa shape index (κ3) is 3.03. The first-order chi connectivity index (χ1) is 8.29. The van der Waals surface area contributed by atoms with Crippen molar-refractivity contribution in [3.8, 4) is 0 Å². The Morgan fingerprint density at radius 1 is 1.28 bits per heavy atom. The molecule has 2 fully saturated rings. The second kappa shape index (κ2) is 4.96. The van der Waals surface area contributed by atoms with Crippen molar-refractivity contribution in [2.45, 2.75) is 37.0 Å². The molecule has 6 heteroatoms. The van der Waals surface area contributed by atoms with Gasteiger partial charge in [-0.15, -0.1) is 0 Å². The summed E-state index contributed by atoms with van der Waals surface area (Å²) in [5.74, 6) is 1.62. The lowest BCUT2D eigenvalue weighted by atomic mass is 9.95. The van der Waals surface area contributed by atoms with Gasteiger partial charge < -0.3 is 5.73 Å². The number of hydrogen-bond acceptors (Lipinski definition) is 5. The molecule has 1 unspecified atom stereocenters. The molecule has 4 nitrogen and oxygen atoms in total. The first-order valence-corrected chi connectivity index (χ1v) is 9.39. The second-order valence-electron chi connectivity index (χ2n) is 6.12. The van der Waals surface area contributed by atoms with Crippen molar-refractivity contribution in [2.24, 2.45) is 5.73 Å². The Balaban J connectivity index is 2.14. The Labute approximate surface area is 115 Å². The van der Waals surface area contributed by atoms with Crippen molar-refractivity contribution in [1.29, 1.82) is 0 Å². The third-order valence-corrected chi connectivity index (χ3v) is 7.43. The van der Waals surface area contributed by atoms with Crippen LogP contribution in [-0.2, 0) is 9.84 Å². The molecular weight excluding hydrogens is 268 g/mol. The van der Waals surface area contributed by atoms with Gasteiger partial charge >= 0.3 is 0 Å². The molecule has 2 saturated heterocycles. The maximum absolute atomic E-state index is 11.8. The first kappa shape index (κ1) is 14.6. The van der Waals surface area contributed by atoms with E-state index >= 15 is 0 Å². The lowest BCUT2D eigenvalue weighted by molar-refractivity contribution is 0.123. The summed E-state index contributed by atoms with van der Waals surface area (Å²) >= 11 is 1.98. The molecule has 0 radical (unpaired) electrons. The number of nitrogens with zero attached hydrogens (tertiary/aromatic N) is 1. The molecule has 18 heavy (non-hydrogen) atoms. The van der Waals surface area contributed by atoms with Crippen LogP contribution in [-0.4, -0.2) is 60.5 Å². The van der Waals surface area contributed by atoms with Crippen LogP contribution in [0.25, 0.3) is 0 Å². The average molecular weight is 292 g/mol. The minimum Gasteiger partial charge on any atom is -0.329 e. The van der Waals surface area contributed by atoms with Crippen LogP contribution in [0.3, 0.4) is 0 Å². The van der Waals surface area contributed by atoms with Crippen molar-refractivity contribution in [3.05, 3.63) is 0 Å². The van der Waals surface area contributed by atoms with Gasteiger partial charge in [-0.1, -0.05) is 13.8 Å². The maximum Gasteiger partial charge on any atom is 0.152 e. The van der Waals surface area contributed by atoms with Gasteiger partial charge in [-0.05, 0) is 12.8 Å². The molecule has 2 heterocycles. The Morgan fingerprint density at radius 3 is 2.56 bits per heavy atom.